The van der Waals surface area contributed by atoms with E-state index in [0.29, 0.717) is 5.92 Å². The van der Waals surface area contributed by atoms with E-state index in [9.17, 15) is 5.11 Å². The fourth-order valence-electron chi connectivity index (χ4n) is 4.51. The molecule has 0 bridgehead atoms. The summed E-state index contributed by atoms with van der Waals surface area (Å²) in [6.07, 6.45) is 10.0. The van der Waals surface area contributed by atoms with Crippen molar-refractivity contribution < 1.29 is 5.11 Å². The highest BCUT2D eigenvalue weighted by Crippen LogP contribution is 2.51. The zero-order valence-electron chi connectivity index (χ0n) is 14.3. The second kappa shape index (κ2) is 7.60. The Morgan fingerprint density at radius 1 is 1.36 bits per heavy atom. The van der Waals surface area contributed by atoms with Gasteiger partial charge in [0, 0.05) is 24.0 Å². The van der Waals surface area contributed by atoms with Crippen LogP contribution in [0.4, 0.5) is 0 Å². The lowest BCUT2D eigenvalue weighted by molar-refractivity contribution is -0.0218. The van der Waals surface area contributed by atoms with Crippen molar-refractivity contribution in [1.29, 1.82) is 5.41 Å². The fourth-order valence-corrected chi connectivity index (χ4v) is 4.51. The zero-order valence-corrected chi connectivity index (χ0v) is 14.3. The maximum absolute atomic E-state index is 10.5. The largest absolute Gasteiger partial charge is 0.402 e. The Hall–Kier alpha value is -0.870. The summed E-state index contributed by atoms with van der Waals surface area (Å²) in [5.41, 5.74) is 8.43. The molecule has 0 amide bonds. The molecule has 2 fully saturated rings. The van der Waals surface area contributed by atoms with Gasteiger partial charge in [0.2, 0.25) is 0 Å². The standard InChI is InChI=1S/C18H33N3O/c1-3-10-21(2)13-15(12-19)17(20)14-6-7-16(22)18(11-14)8-4-5-9-18/h12,14,16,19,22H,3-11,13,20H2,1-2H3/t14-,16+/m1/s1. The number of hydrogen-bond acceptors (Lipinski definition) is 4. The summed E-state index contributed by atoms with van der Waals surface area (Å²) in [6.45, 7) is 3.95. The van der Waals surface area contributed by atoms with Gasteiger partial charge in [-0.25, -0.2) is 0 Å². The SMILES string of the molecule is CCCN(C)CC(C=N)=C(N)[C@@H]1CC[C@H](O)C2(CCCC2)C1. The fraction of sp³-hybridized carbons (Fsp3) is 0.833. The molecular formula is C18H33N3O. The number of nitrogens with two attached hydrogens (primary N) is 1. The predicted octanol–water partition coefficient (Wildman–Crippen LogP) is 2.91. The number of likely N-dealkylation sites (N-methyl/N-ethyl adjacent to an activating group) is 1. The van der Waals surface area contributed by atoms with E-state index in [2.05, 4.69) is 18.9 Å². The Labute approximate surface area is 135 Å². The maximum Gasteiger partial charge on any atom is 0.0596 e. The molecule has 0 aliphatic heterocycles. The van der Waals surface area contributed by atoms with Crippen LogP contribution < -0.4 is 5.73 Å². The summed E-state index contributed by atoms with van der Waals surface area (Å²) in [5, 5.41) is 18.2. The Kier molecular flexibility index (Phi) is 6.04. The van der Waals surface area contributed by atoms with E-state index in [4.69, 9.17) is 11.1 Å². The highest BCUT2D eigenvalue weighted by molar-refractivity contribution is 5.77. The van der Waals surface area contributed by atoms with Gasteiger partial charge in [-0.15, -0.1) is 0 Å². The minimum absolute atomic E-state index is 0.107. The first kappa shape index (κ1) is 17.5. The lowest BCUT2D eigenvalue weighted by Crippen LogP contribution is -2.41. The van der Waals surface area contributed by atoms with Gasteiger partial charge in [-0.1, -0.05) is 19.8 Å². The molecule has 0 radical (unpaired) electrons. The van der Waals surface area contributed by atoms with Crippen molar-refractivity contribution >= 4 is 6.21 Å². The number of hydrogen-bond donors (Lipinski definition) is 3. The van der Waals surface area contributed by atoms with E-state index in [0.717, 1.165) is 62.9 Å². The van der Waals surface area contributed by atoms with Crippen molar-refractivity contribution in [3.05, 3.63) is 11.3 Å². The van der Waals surface area contributed by atoms with E-state index in [1.807, 2.05) is 0 Å². The average molecular weight is 307 g/mol. The highest BCUT2D eigenvalue weighted by Gasteiger charge is 2.45. The molecule has 126 valence electrons. The molecule has 4 heteroatoms. The van der Waals surface area contributed by atoms with Gasteiger partial charge < -0.3 is 21.1 Å². The van der Waals surface area contributed by atoms with E-state index in [1.54, 1.807) is 0 Å². The molecule has 4 nitrogen and oxygen atoms in total. The molecule has 0 heterocycles. The second-order valence-electron chi connectivity index (χ2n) is 7.43. The van der Waals surface area contributed by atoms with Crippen LogP contribution in [0, 0.1) is 16.7 Å². The molecule has 0 saturated heterocycles. The average Bonchev–Trinajstić information content (AvgIpc) is 2.97. The third kappa shape index (κ3) is 3.72. The Bertz CT molecular complexity index is 413. The molecule has 2 aliphatic rings. The molecule has 2 aliphatic carbocycles. The van der Waals surface area contributed by atoms with Crippen LogP contribution in [0.3, 0.4) is 0 Å². The van der Waals surface area contributed by atoms with Crippen molar-refractivity contribution in [1.82, 2.24) is 4.90 Å². The van der Waals surface area contributed by atoms with Gasteiger partial charge in [0.15, 0.2) is 0 Å². The van der Waals surface area contributed by atoms with Gasteiger partial charge in [-0.05, 0) is 63.5 Å². The summed E-state index contributed by atoms with van der Waals surface area (Å²) >= 11 is 0. The molecule has 2 saturated carbocycles. The second-order valence-corrected chi connectivity index (χ2v) is 7.43. The van der Waals surface area contributed by atoms with Crippen molar-refractivity contribution in [3.8, 4) is 0 Å². The summed E-state index contributed by atoms with van der Waals surface area (Å²) < 4.78 is 0. The third-order valence-corrected chi connectivity index (χ3v) is 5.78. The number of aliphatic hydroxyl groups excluding tert-OH is 1. The van der Waals surface area contributed by atoms with Crippen LogP contribution in [-0.2, 0) is 0 Å². The van der Waals surface area contributed by atoms with Gasteiger partial charge in [-0.3, -0.25) is 0 Å². The number of allylic oxidation sites excluding steroid dienone is 1. The topological polar surface area (TPSA) is 73.3 Å². The molecule has 0 aromatic heterocycles. The predicted molar refractivity (Wildman–Crippen MR) is 92.0 cm³/mol. The van der Waals surface area contributed by atoms with Crippen LogP contribution in [-0.4, -0.2) is 42.5 Å². The van der Waals surface area contributed by atoms with Crippen LogP contribution >= 0.6 is 0 Å². The molecule has 1 spiro atoms. The first-order valence-corrected chi connectivity index (χ1v) is 8.88. The van der Waals surface area contributed by atoms with Crippen LogP contribution in [0.2, 0.25) is 0 Å². The van der Waals surface area contributed by atoms with Crippen molar-refractivity contribution in [2.24, 2.45) is 17.1 Å². The smallest absolute Gasteiger partial charge is 0.0596 e. The van der Waals surface area contributed by atoms with Crippen molar-refractivity contribution in [3.63, 3.8) is 0 Å². The van der Waals surface area contributed by atoms with Gasteiger partial charge in [-0.2, -0.15) is 0 Å². The number of aliphatic hydroxyl groups is 1. The molecule has 0 aromatic carbocycles. The van der Waals surface area contributed by atoms with Crippen LogP contribution in [0.1, 0.15) is 58.3 Å². The number of rotatable bonds is 6. The Morgan fingerprint density at radius 3 is 2.64 bits per heavy atom. The van der Waals surface area contributed by atoms with Crippen molar-refractivity contribution in [2.45, 2.75) is 64.4 Å². The van der Waals surface area contributed by atoms with E-state index in [1.165, 1.54) is 19.1 Å². The van der Waals surface area contributed by atoms with Crippen LogP contribution in [0.25, 0.3) is 0 Å². The van der Waals surface area contributed by atoms with Gasteiger partial charge in [0.1, 0.15) is 0 Å². The normalized spacial score (nSPS) is 28.9. The van der Waals surface area contributed by atoms with E-state index in [-0.39, 0.29) is 11.5 Å². The molecule has 22 heavy (non-hydrogen) atoms. The summed E-state index contributed by atoms with van der Waals surface area (Å²) in [4.78, 5) is 2.23. The first-order chi connectivity index (χ1) is 10.5. The molecule has 0 unspecified atom stereocenters. The van der Waals surface area contributed by atoms with Gasteiger partial charge in [0.25, 0.3) is 0 Å². The molecular weight excluding hydrogens is 274 g/mol. The lowest BCUT2D eigenvalue weighted by atomic mass is 9.65. The Morgan fingerprint density at radius 2 is 2.05 bits per heavy atom. The molecule has 2 rings (SSSR count). The summed E-state index contributed by atoms with van der Waals surface area (Å²) in [6, 6.07) is 0. The van der Waals surface area contributed by atoms with Crippen LogP contribution in [0.15, 0.2) is 11.3 Å². The Balaban J connectivity index is 2.10. The van der Waals surface area contributed by atoms with Crippen LogP contribution in [0.5, 0.6) is 0 Å². The third-order valence-electron chi connectivity index (χ3n) is 5.78. The zero-order chi connectivity index (χ0) is 16.2. The number of nitrogens with one attached hydrogen (secondary N) is 1. The van der Waals surface area contributed by atoms with E-state index >= 15 is 0 Å². The highest BCUT2D eigenvalue weighted by atomic mass is 16.3. The summed E-state index contributed by atoms with van der Waals surface area (Å²) in [7, 11) is 2.09. The minimum atomic E-state index is -0.148. The molecule has 0 aromatic rings. The number of nitrogens with zero attached hydrogens (tertiary/aromatic N) is 1. The molecule has 4 N–H and O–H groups in total. The first-order valence-electron chi connectivity index (χ1n) is 8.88. The monoisotopic (exact) mass is 307 g/mol. The summed E-state index contributed by atoms with van der Waals surface area (Å²) in [5.74, 6) is 0.341. The minimum Gasteiger partial charge on any atom is -0.402 e. The van der Waals surface area contributed by atoms with Gasteiger partial charge in [0.05, 0.1) is 6.10 Å². The molecule has 2 atom stereocenters. The van der Waals surface area contributed by atoms with Gasteiger partial charge >= 0.3 is 0 Å². The van der Waals surface area contributed by atoms with Crippen molar-refractivity contribution in [2.75, 3.05) is 20.1 Å². The quantitative estimate of drug-likeness (QED) is 0.661. The van der Waals surface area contributed by atoms with E-state index < -0.39 is 0 Å². The maximum atomic E-state index is 10.5. The lowest BCUT2D eigenvalue weighted by Gasteiger charge is -2.43.